The maximum Gasteiger partial charge on any atom is 0.228 e. The number of hydrogen-bond acceptors (Lipinski definition) is 3. The number of rotatable bonds is 3. The number of amides is 1. The van der Waals surface area contributed by atoms with Crippen molar-refractivity contribution in [3.8, 4) is 0 Å². The highest BCUT2D eigenvalue weighted by molar-refractivity contribution is 6.33. The fourth-order valence-corrected chi connectivity index (χ4v) is 2.37. The number of hydrogen-bond donors (Lipinski definition) is 2. The van der Waals surface area contributed by atoms with Gasteiger partial charge in [-0.2, -0.15) is 0 Å². The molecule has 3 rings (SSSR count). The minimum absolute atomic E-state index is 0.00472. The van der Waals surface area contributed by atoms with Gasteiger partial charge in [-0.15, -0.1) is 0 Å². The van der Waals surface area contributed by atoms with E-state index in [1.807, 2.05) is 19.1 Å². The molecule has 0 saturated heterocycles. The summed E-state index contributed by atoms with van der Waals surface area (Å²) in [7, 11) is 0. The van der Waals surface area contributed by atoms with Gasteiger partial charge in [0.1, 0.15) is 5.76 Å². The summed E-state index contributed by atoms with van der Waals surface area (Å²) in [5, 5.41) is 6.60. The van der Waals surface area contributed by atoms with E-state index in [9.17, 15) is 4.79 Å². The van der Waals surface area contributed by atoms with E-state index in [2.05, 4.69) is 10.6 Å². The van der Waals surface area contributed by atoms with Crippen molar-refractivity contribution in [2.75, 3.05) is 10.6 Å². The van der Waals surface area contributed by atoms with Gasteiger partial charge in [0.25, 0.3) is 0 Å². The zero-order valence-electron chi connectivity index (χ0n) is 10.4. The maximum atomic E-state index is 11.3. The summed E-state index contributed by atoms with van der Waals surface area (Å²) in [4.78, 5) is 11.3. The lowest BCUT2D eigenvalue weighted by molar-refractivity contribution is -0.115. The molecule has 2 aromatic rings. The predicted octanol–water partition coefficient (Wildman–Crippen LogP) is 3.35. The minimum Gasteiger partial charge on any atom is -0.467 e. The first-order valence-corrected chi connectivity index (χ1v) is 6.40. The molecule has 0 saturated carbocycles. The van der Waals surface area contributed by atoms with E-state index in [0.29, 0.717) is 18.0 Å². The molecule has 0 spiro atoms. The Labute approximate surface area is 115 Å². The molecule has 0 aliphatic carbocycles. The van der Waals surface area contributed by atoms with Gasteiger partial charge in [0.15, 0.2) is 0 Å². The van der Waals surface area contributed by atoms with Gasteiger partial charge in [-0.25, -0.2) is 0 Å². The van der Waals surface area contributed by atoms with Crippen LogP contribution in [0.4, 0.5) is 11.4 Å². The fraction of sp³-hybridized carbons (Fsp3) is 0.214. The van der Waals surface area contributed by atoms with Crippen molar-refractivity contribution in [3.63, 3.8) is 0 Å². The summed E-state index contributed by atoms with van der Waals surface area (Å²) in [5.74, 6) is 0.885. The highest BCUT2D eigenvalue weighted by Gasteiger charge is 2.19. The van der Waals surface area contributed by atoms with Crippen LogP contribution >= 0.6 is 11.6 Å². The Bertz CT molecular complexity index is 649. The van der Waals surface area contributed by atoms with Gasteiger partial charge in [-0.05, 0) is 36.2 Å². The molecule has 19 heavy (non-hydrogen) atoms. The summed E-state index contributed by atoms with van der Waals surface area (Å²) in [6, 6.07) is 5.61. The number of anilines is 2. The molecule has 1 amide bonds. The predicted molar refractivity (Wildman–Crippen MR) is 74.6 cm³/mol. The first kappa shape index (κ1) is 12.1. The third-order valence-corrected chi connectivity index (χ3v) is 3.54. The molecular formula is C14H13ClN2O2. The molecule has 2 heterocycles. The second-order valence-corrected chi connectivity index (χ2v) is 5.00. The first-order chi connectivity index (χ1) is 9.13. The van der Waals surface area contributed by atoms with Gasteiger partial charge < -0.3 is 15.1 Å². The number of halogens is 1. The molecule has 5 heteroatoms. The monoisotopic (exact) mass is 276 g/mol. The molecule has 0 fully saturated rings. The molecule has 2 N–H and O–H groups in total. The maximum absolute atomic E-state index is 11.3. The third kappa shape index (κ3) is 2.31. The lowest BCUT2D eigenvalue weighted by Gasteiger charge is -2.09. The second-order valence-electron chi connectivity index (χ2n) is 4.59. The van der Waals surface area contributed by atoms with Crippen LogP contribution in [-0.4, -0.2) is 5.91 Å². The molecule has 0 unspecified atom stereocenters. The van der Waals surface area contributed by atoms with Crippen LogP contribution in [0.15, 0.2) is 28.9 Å². The van der Waals surface area contributed by atoms with Gasteiger partial charge in [0, 0.05) is 5.69 Å². The minimum atomic E-state index is 0.00472. The van der Waals surface area contributed by atoms with Crippen molar-refractivity contribution < 1.29 is 9.21 Å². The number of aryl methyl sites for hydroxylation is 1. The van der Waals surface area contributed by atoms with Gasteiger partial charge in [-0.1, -0.05) is 11.6 Å². The Hall–Kier alpha value is -1.94. The van der Waals surface area contributed by atoms with E-state index in [-0.39, 0.29) is 5.91 Å². The van der Waals surface area contributed by atoms with E-state index in [4.69, 9.17) is 16.0 Å². The molecular weight excluding hydrogens is 264 g/mol. The zero-order valence-corrected chi connectivity index (χ0v) is 11.2. The van der Waals surface area contributed by atoms with Crippen LogP contribution in [0.3, 0.4) is 0 Å². The highest BCUT2D eigenvalue weighted by Crippen LogP contribution is 2.33. The summed E-state index contributed by atoms with van der Waals surface area (Å²) < 4.78 is 5.36. The first-order valence-electron chi connectivity index (χ1n) is 6.02. The molecule has 0 atom stereocenters. The number of furan rings is 1. The molecule has 98 valence electrons. The Morgan fingerprint density at radius 3 is 3.05 bits per heavy atom. The molecule has 1 aliphatic rings. The average molecular weight is 277 g/mol. The summed E-state index contributed by atoms with van der Waals surface area (Å²) >= 11 is 6.19. The number of benzene rings is 1. The van der Waals surface area contributed by atoms with Crippen LogP contribution in [-0.2, 0) is 17.8 Å². The Morgan fingerprint density at radius 2 is 2.32 bits per heavy atom. The lowest BCUT2D eigenvalue weighted by atomic mass is 10.1. The van der Waals surface area contributed by atoms with Crippen molar-refractivity contribution in [2.45, 2.75) is 19.9 Å². The van der Waals surface area contributed by atoms with Crippen LogP contribution in [0.5, 0.6) is 0 Å². The van der Waals surface area contributed by atoms with Crippen LogP contribution < -0.4 is 10.6 Å². The molecule has 1 aromatic heterocycles. The van der Waals surface area contributed by atoms with Crippen molar-refractivity contribution in [2.24, 2.45) is 0 Å². The topological polar surface area (TPSA) is 54.3 Å². The average Bonchev–Trinajstić information content (AvgIpc) is 2.91. The van der Waals surface area contributed by atoms with Crippen molar-refractivity contribution in [1.82, 2.24) is 0 Å². The Balaban J connectivity index is 1.80. The number of fused-ring (bicyclic) bond motifs is 1. The lowest BCUT2D eigenvalue weighted by Crippen LogP contribution is -2.03. The van der Waals surface area contributed by atoms with Crippen LogP contribution in [0.1, 0.15) is 16.9 Å². The molecule has 0 radical (unpaired) electrons. The van der Waals surface area contributed by atoms with Gasteiger partial charge in [-0.3, -0.25) is 4.79 Å². The standard InChI is InChI=1S/C14H13ClN2O2/c1-8-2-3-19-13(8)7-16-12-4-9-5-14(18)17-11(9)6-10(12)15/h2-4,6,16H,5,7H2,1H3,(H,17,18). The summed E-state index contributed by atoms with van der Waals surface area (Å²) in [5.41, 5.74) is 3.68. The van der Waals surface area contributed by atoms with E-state index in [1.165, 1.54) is 0 Å². The van der Waals surface area contributed by atoms with Crippen molar-refractivity contribution in [1.29, 1.82) is 0 Å². The van der Waals surface area contributed by atoms with Crippen molar-refractivity contribution in [3.05, 3.63) is 46.4 Å². The molecule has 1 aliphatic heterocycles. The fourth-order valence-electron chi connectivity index (χ4n) is 2.14. The second kappa shape index (κ2) is 4.63. The summed E-state index contributed by atoms with van der Waals surface area (Å²) in [6.07, 6.45) is 2.07. The quantitative estimate of drug-likeness (QED) is 0.904. The van der Waals surface area contributed by atoms with Crippen molar-refractivity contribution >= 4 is 28.9 Å². The van der Waals surface area contributed by atoms with E-state index in [0.717, 1.165) is 28.3 Å². The number of carbonyl (C=O) groups excluding carboxylic acids is 1. The Morgan fingerprint density at radius 1 is 1.47 bits per heavy atom. The van der Waals surface area contributed by atoms with E-state index < -0.39 is 0 Å². The van der Waals surface area contributed by atoms with Crippen LogP contribution in [0.2, 0.25) is 5.02 Å². The van der Waals surface area contributed by atoms with Crippen LogP contribution in [0, 0.1) is 6.92 Å². The van der Waals surface area contributed by atoms with Gasteiger partial charge >= 0.3 is 0 Å². The molecule has 1 aromatic carbocycles. The van der Waals surface area contributed by atoms with Gasteiger partial charge in [0.2, 0.25) is 5.91 Å². The number of carbonyl (C=O) groups is 1. The van der Waals surface area contributed by atoms with E-state index >= 15 is 0 Å². The normalized spacial score (nSPS) is 13.3. The highest BCUT2D eigenvalue weighted by atomic mass is 35.5. The zero-order chi connectivity index (χ0) is 13.4. The largest absolute Gasteiger partial charge is 0.467 e. The number of nitrogens with one attached hydrogen (secondary N) is 2. The SMILES string of the molecule is Cc1ccoc1CNc1cc2c(cc1Cl)NC(=O)C2. The third-order valence-electron chi connectivity index (χ3n) is 3.23. The van der Waals surface area contributed by atoms with Crippen LogP contribution in [0.25, 0.3) is 0 Å². The molecule has 4 nitrogen and oxygen atoms in total. The van der Waals surface area contributed by atoms with E-state index in [1.54, 1.807) is 12.3 Å². The smallest absolute Gasteiger partial charge is 0.228 e. The molecule has 0 bridgehead atoms. The Kier molecular flexibility index (Phi) is 2.95. The summed E-state index contributed by atoms with van der Waals surface area (Å²) in [6.45, 7) is 2.56. The van der Waals surface area contributed by atoms with Gasteiger partial charge in [0.05, 0.1) is 29.9 Å².